The van der Waals surface area contributed by atoms with Gasteiger partial charge in [0.1, 0.15) is 5.69 Å². The van der Waals surface area contributed by atoms with Gasteiger partial charge in [0.05, 0.1) is 20.4 Å². The van der Waals surface area contributed by atoms with Crippen molar-refractivity contribution in [1.82, 2.24) is 9.97 Å². The van der Waals surface area contributed by atoms with E-state index < -0.39 is 0 Å². The van der Waals surface area contributed by atoms with Crippen molar-refractivity contribution in [3.05, 3.63) is 23.9 Å². The molecule has 0 atom stereocenters. The zero-order chi connectivity index (χ0) is 16.3. The molecule has 0 spiro atoms. The van der Waals surface area contributed by atoms with Gasteiger partial charge in [-0.3, -0.25) is 0 Å². The molecule has 7 heteroatoms. The second-order valence-corrected chi connectivity index (χ2v) is 5.10. The van der Waals surface area contributed by atoms with Crippen LogP contribution in [0.3, 0.4) is 0 Å². The smallest absolute Gasteiger partial charge is 0.222 e. The summed E-state index contributed by atoms with van der Waals surface area (Å²) in [4.78, 5) is 7.90. The number of nitrogens with zero attached hydrogens (tertiary/aromatic N) is 2. The predicted octanol–water partition coefficient (Wildman–Crippen LogP) is 2.53. The van der Waals surface area contributed by atoms with Gasteiger partial charge in [-0.15, -0.1) is 0 Å². The summed E-state index contributed by atoms with van der Waals surface area (Å²) in [6.07, 6.45) is 1.55. The molecule has 0 fully saturated rings. The summed E-state index contributed by atoms with van der Waals surface area (Å²) in [5, 5.41) is 3.23. The number of rotatable bonds is 5. The standard InChI is InChI=1S/C15H21N5O2/c1-8(2)9-5-12(21-3)13(22-4)6-10(9)19-11-7-18-15(17)20-14(11)16/h5-8,19H,1-4H3,(H4,16,17,18,20). The fourth-order valence-electron chi connectivity index (χ4n) is 2.13. The molecular weight excluding hydrogens is 282 g/mol. The van der Waals surface area contributed by atoms with Crippen molar-refractivity contribution in [2.24, 2.45) is 0 Å². The number of nitrogen functional groups attached to an aromatic ring is 2. The third kappa shape index (κ3) is 3.13. The fourth-order valence-corrected chi connectivity index (χ4v) is 2.13. The first kappa shape index (κ1) is 15.7. The van der Waals surface area contributed by atoms with Gasteiger partial charge in [-0.05, 0) is 17.5 Å². The van der Waals surface area contributed by atoms with Gasteiger partial charge in [0.25, 0.3) is 0 Å². The molecule has 0 saturated carbocycles. The van der Waals surface area contributed by atoms with E-state index in [4.69, 9.17) is 20.9 Å². The van der Waals surface area contributed by atoms with Crippen LogP contribution in [-0.2, 0) is 0 Å². The number of ether oxygens (including phenoxy) is 2. The van der Waals surface area contributed by atoms with Crippen molar-refractivity contribution < 1.29 is 9.47 Å². The third-order valence-electron chi connectivity index (χ3n) is 3.28. The number of methoxy groups -OCH3 is 2. The van der Waals surface area contributed by atoms with Crippen molar-refractivity contribution in [3.8, 4) is 11.5 Å². The molecule has 1 heterocycles. The minimum atomic E-state index is 0.138. The van der Waals surface area contributed by atoms with Crippen LogP contribution in [0.4, 0.5) is 23.1 Å². The molecular formula is C15H21N5O2. The van der Waals surface area contributed by atoms with E-state index in [2.05, 4.69) is 29.1 Å². The van der Waals surface area contributed by atoms with Crippen molar-refractivity contribution in [3.63, 3.8) is 0 Å². The summed E-state index contributed by atoms with van der Waals surface area (Å²) < 4.78 is 10.7. The zero-order valence-corrected chi connectivity index (χ0v) is 13.2. The highest BCUT2D eigenvalue weighted by Crippen LogP contribution is 2.38. The van der Waals surface area contributed by atoms with Crippen LogP contribution in [0.2, 0.25) is 0 Å². The molecule has 1 aromatic carbocycles. The van der Waals surface area contributed by atoms with E-state index >= 15 is 0 Å². The second kappa shape index (κ2) is 6.38. The van der Waals surface area contributed by atoms with Gasteiger partial charge in [-0.25, -0.2) is 4.98 Å². The highest BCUT2D eigenvalue weighted by atomic mass is 16.5. The summed E-state index contributed by atoms with van der Waals surface area (Å²) >= 11 is 0. The lowest BCUT2D eigenvalue weighted by Crippen LogP contribution is -2.06. The second-order valence-electron chi connectivity index (χ2n) is 5.10. The number of anilines is 4. The molecule has 2 aromatic rings. The summed E-state index contributed by atoms with van der Waals surface area (Å²) in [6, 6.07) is 3.81. The van der Waals surface area contributed by atoms with Gasteiger partial charge in [-0.1, -0.05) is 13.8 Å². The van der Waals surface area contributed by atoms with Gasteiger partial charge >= 0.3 is 0 Å². The molecule has 0 radical (unpaired) electrons. The molecule has 7 nitrogen and oxygen atoms in total. The molecule has 5 N–H and O–H groups in total. The average Bonchev–Trinajstić information content (AvgIpc) is 2.49. The van der Waals surface area contributed by atoms with Crippen molar-refractivity contribution >= 4 is 23.1 Å². The van der Waals surface area contributed by atoms with Gasteiger partial charge in [0, 0.05) is 11.8 Å². The van der Waals surface area contributed by atoms with Gasteiger partial charge < -0.3 is 26.3 Å². The first-order chi connectivity index (χ1) is 10.5. The molecule has 0 amide bonds. The molecule has 2 rings (SSSR count). The summed E-state index contributed by atoms with van der Waals surface area (Å²) in [6.45, 7) is 4.19. The Kier molecular flexibility index (Phi) is 4.55. The molecule has 0 aliphatic rings. The van der Waals surface area contributed by atoms with Crippen molar-refractivity contribution in [1.29, 1.82) is 0 Å². The summed E-state index contributed by atoms with van der Waals surface area (Å²) in [5.74, 6) is 2.01. The van der Waals surface area contributed by atoms with Gasteiger partial charge in [0.2, 0.25) is 5.95 Å². The van der Waals surface area contributed by atoms with Gasteiger partial charge in [-0.2, -0.15) is 4.98 Å². The van der Waals surface area contributed by atoms with Crippen LogP contribution >= 0.6 is 0 Å². The van der Waals surface area contributed by atoms with E-state index in [9.17, 15) is 0 Å². The molecule has 118 valence electrons. The minimum Gasteiger partial charge on any atom is -0.493 e. The van der Waals surface area contributed by atoms with E-state index in [-0.39, 0.29) is 17.7 Å². The highest BCUT2D eigenvalue weighted by molar-refractivity contribution is 5.73. The van der Waals surface area contributed by atoms with Crippen LogP contribution in [-0.4, -0.2) is 24.2 Å². The van der Waals surface area contributed by atoms with Crippen LogP contribution in [0.15, 0.2) is 18.3 Å². The molecule has 0 unspecified atom stereocenters. The highest BCUT2D eigenvalue weighted by Gasteiger charge is 2.15. The largest absolute Gasteiger partial charge is 0.493 e. The predicted molar refractivity (Wildman–Crippen MR) is 87.8 cm³/mol. The number of nitrogens with two attached hydrogens (primary N) is 2. The molecule has 0 saturated heterocycles. The molecule has 22 heavy (non-hydrogen) atoms. The first-order valence-corrected chi connectivity index (χ1v) is 6.87. The van der Waals surface area contributed by atoms with Crippen LogP contribution in [0.25, 0.3) is 0 Å². The SMILES string of the molecule is COc1cc(Nc2cnc(N)nc2N)c(C(C)C)cc1OC. The quantitative estimate of drug-likeness (QED) is 0.778. The van der Waals surface area contributed by atoms with Crippen molar-refractivity contribution in [2.75, 3.05) is 31.0 Å². The normalized spacial score (nSPS) is 10.6. The summed E-state index contributed by atoms with van der Waals surface area (Å²) in [7, 11) is 3.21. The Bertz CT molecular complexity index is 673. The number of hydrogen-bond acceptors (Lipinski definition) is 7. The maximum absolute atomic E-state index is 5.87. The lowest BCUT2D eigenvalue weighted by Gasteiger charge is -2.18. The lowest BCUT2D eigenvalue weighted by molar-refractivity contribution is 0.354. The average molecular weight is 303 g/mol. The summed E-state index contributed by atoms with van der Waals surface area (Å²) in [5.41, 5.74) is 13.9. The number of nitrogens with one attached hydrogen (secondary N) is 1. The number of hydrogen-bond donors (Lipinski definition) is 3. The van der Waals surface area contributed by atoms with Gasteiger partial charge in [0.15, 0.2) is 17.3 Å². The minimum absolute atomic E-state index is 0.138. The van der Waals surface area contributed by atoms with Crippen LogP contribution in [0, 0.1) is 0 Å². The maximum Gasteiger partial charge on any atom is 0.222 e. The number of benzene rings is 1. The Morgan fingerprint density at radius 2 is 1.68 bits per heavy atom. The van der Waals surface area contributed by atoms with E-state index in [1.807, 2.05) is 12.1 Å². The Labute approximate surface area is 129 Å². The topological polar surface area (TPSA) is 108 Å². The first-order valence-electron chi connectivity index (χ1n) is 6.87. The van der Waals surface area contributed by atoms with Crippen molar-refractivity contribution in [2.45, 2.75) is 19.8 Å². The zero-order valence-electron chi connectivity index (χ0n) is 13.2. The van der Waals surface area contributed by atoms with Crippen LogP contribution in [0.5, 0.6) is 11.5 Å². The molecule has 1 aromatic heterocycles. The Morgan fingerprint density at radius 3 is 2.23 bits per heavy atom. The third-order valence-corrected chi connectivity index (χ3v) is 3.28. The van der Waals surface area contributed by atoms with E-state index in [0.29, 0.717) is 17.2 Å². The number of aromatic nitrogens is 2. The van der Waals surface area contributed by atoms with E-state index in [1.165, 1.54) is 0 Å². The monoisotopic (exact) mass is 303 g/mol. The Morgan fingerprint density at radius 1 is 1.05 bits per heavy atom. The lowest BCUT2D eigenvalue weighted by atomic mass is 10.00. The van der Waals surface area contributed by atoms with E-state index in [0.717, 1.165) is 11.3 Å². The van der Waals surface area contributed by atoms with Crippen LogP contribution in [0.1, 0.15) is 25.3 Å². The van der Waals surface area contributed by atoms with E-state index in [1.54, 1.807) is 20.4 Å². The van der Waals surface area contributed by atoms with Crippen LogP contribution < -0.4 is 26.3 Å². The Balaban J connectivity index is 2.48. The maximum atomic E-state index is 5.87. The molecule has 0 bridgehead atoms. The Hall–Kier alpha value is -2.70. The molecule has 0 aliphatic heterocycles. The molecule has 0 aliphatic carbocycles. The fraction of sp³-hybridized carbons (Fsp3) is 0.333.